The Morgan fingerprint density at radius 2 is 2.06 bits per heavy atom. The fourth-order valence-electron chi connectivity index (χ4n) is 1.71. The Balaban J connectivity index is 2.14. The van der Waals surface area contributed by atoms with Crippen LogP contribution in [0.25, 0.3) is 0 Å². The van der Waals surface area contributed by atoms with E-state index < -0.39 is 0 Å². The van der Waals surface area contributed by atoms with E-state index in [2.05, 4.69) is 42.6 Å². The van der Waals surface area contributed by atoms with Crippen molar-refractivity contribution in [2.24, 2.45) is 0 Å². The molecule has 0 saturated carbocycles. The van der Waals surface area contributed by atoms with Crippen LogP contribution in [-0.2, 0) is 6.42 Å². The van der Waals surface area contributed by atoms with Crippen LogP contribution in [0.5, 0.6) is 0 Å². The first kappa shape index (κ1) is 12.7. The molecule has 1 rings (SSSR count). The minimum absolute atomic E-state index is 0.0285. The van der Waals surface area contributed by atoms with Gasteiger partial charge < -0.3 is 5.32 Å². The number of aryl methyl sites for hydroxylation is 1. The molecule has 0 radical (unpaired) electrons. The zero-order valence-corrected chi connectivity index (χ0v) is 9.95. The van der Waals surface area contributed by atoms with Crippen LogP contribution in [0.15, 0.2) is 30.3 Å². The second-order valence-corrected chi connectivity index (χ2v) is 4.01. The highest BCUT2D eigenvalue weighted by Crippen LogP contribution is 2.02. The molecular weight excluding hydrogens is 196 g/mol. The molecule has 86 valence electrons. The Kier molecular flexibility index (Phi) is 6.29. The van der Waals surface area contributed by atoms with Crippen LogP contribution in [0.4, 0.5) is 0 Å². The van der Waals surface area contributed by atoms with Crippen molar-refractivity contribution in [2.45, 2.75) is 38.6 Å². The van der Waals surface area contributed by atoms with E-state index >= 15 is 0 Å². The molecule has 0 aliphatic rings. The molecule has 0 saturated heterocycles. The number of hydrogen-bond acceptors (Lipinski definition) is 2. The van der Waals surface area contributed by atoms with E-state index in [0.717, 1.165) is 32.2 Å². The first-order valence-corrected chi connectivity index (χ1v) is 6.03. The fraction of sp³-hybridized carbons (Fsp3) is 0.500. The topological polar surface area (TPSA) is 35.8 Å². The van der Waals surface area contributed by atoms with Crippen molar-refractivity contribution >= 4 is 0 Å². The van der Waals surface area contributed by atoms with Gasteiger partial charge in [0, 0.05) is 0 Å². The average Bonchev–Trinajstić information content (AvgIpc) is 2.34. The first-order valence-electron chi connectivity index (χ1n) is 6.03. The summed E-state index contributed by atoms with van der Waals surface area (Å²) in [5.41, 5.74) is 1.37. The third-order valence-electron chi connectivity index (χ3n) is 2.61. The number of rotatable bonds is 7. The lowest BCUT2D eigenvalue weighted by Gasteiger charge is -2.09. The normalized spacial score (nSPS) is 12.0. The van der Waals surface area contributed by atoms with Crippen molar-refractivity contribution in [1.29, 1.82) is 5.26 Å². The van der Waals surface area contributed by atoms with Gasteiger partial charge in [-0.15, -0.1) is 0 Å². The second kappa shape index (κ2) is 7.90. The van der Waals surface area contributed by atoms with Gasteiger partial charge in [-0.2, -0.15) is 5.26 Å². The van der Waals surface area contributed by atoms with Gasteiger partial charge in [-0.05, 0) is 31.4 Å². The van der Waals surface area contributed by atoms with Gasteiger partial charge in [0.15, 0.2) is 0 Å². The Morgan fingerprint density at radius 1 is 1.31 bits per heavy atom. The van der Waals surface area contributed by atoms with E-state index in [-0.39, 0.29) is 6.04 Å². The predicted molar refractivity (Wildman–Crippen MR) is 67.1 cm³/mol. The van der Waals surface area contributed by atoms with Crippen molar-refractivity contribution in [1.82, 2.24) is 5.32 Å². The van der Waals surface area contributed by atoms with E-state index in [1.54, 1.807) is 0 Å². The fourth-order valence-corrected chi connectivity index (χ4v) is 1.71. The van der Waals surface area contributed by atoms with Gasteiger partial charge >= 0.3 is 0 Å². The van der Waals surface area contributed by atoms with Gasteiger partial charge in [0.25, 0.3) is 0 Å². The quantitative estimate of drug-likeness (QED) is 0.711. The lowest BCUT2D eigenvalue weighted by atomic mass is 10.1. The smallest absolute Gasteiger partial charge is 0.0952 e. The summed E-state index contributed by atoms with van der Waals surface area (Å²) in [7, 11) is 0. The van der Waals surface area contributed by atoms with Crippen molar-refractivity contribution in [3.05, 3.63) is 35.9 Å². The second-order valence-electron chi connectivity index (χ2n) is 4.01. The van der Waals surface area contributed by atoms with E-state index in [4.69, 9.17) is 5.26 Å². The third-order valence-corrected chi connectivity index (χ3v) is 2.61. The standard InChI is InChI=1S/C14H20N2/c1-2-7-14(12-15)16-11-6-10-13-8-4-3-5-9-13/h3-5,8-9,14,16H,2,6-7,10-11H2,1H3. The van der Waals surface area contributed by atoms with Gasteiger partial charge in [0.2, 0.25) is 0 Å². The Labute approximate surface area is 98.3 Å². The molecule has 16 heavy (non-hydrogen) atoms. The van der Waals surface area contributed by atoms with Crippen molar-refractivity contribution in [3.8, 4) is 6.07 Å². The molecular formula is C14H20N2. The molecule has 0 bridgehead atoms. The number of benzene rings is 1. The predicted octanol–water partition coefficient (Wildman–Crippen LogP) is 2.90. The van der Waals surface area contributed by atoms with Crippen LogP contribution in [0, 0.1) is 11.3 Å². The molecule has 1 aromatic rings. The molecule has 1 atom stereocenters. The highest BCUT2D eigenvalue weighted by atomic mass is 14.9. The van der Waals surface area contributed by atoms with Gasteiger partial charge in [-0.1, -0.05) is 43.7 Å². The van der Waals surface area contributed by atoms with Crippen LogP contribution < -0.4 is 5.32 Å². The van der Waals surface area contributed by atoms with E-state index in [9.17, 15) is 0 Å². The summed E-state index contributed by atoms with van der Waals surface area (Å²) < 4.78 is 0. The molecule has 1 N–H and O–H groups in total. The van der Waals surface area contributed by atoms with E-state index in [1.165, 1.54) is 5.56 Å². The number of hydrogen-bond donors (Lipinski definition) is 1. The highest BCUT2D eigenvalue weighted by molar-refractivity contribution is 5.14. The highest BCUT2D eigenvalue weighted by Gasteiger charge is 2.03. The summed E-state index contributed by atoms with van der Waals surface area (Å²) in [5.74, 6) is 0. The van der Waals surface area contributed by atoms with E-state index in [0.29, 0.717) is 0 Å². The number of nitrogens with zero attached hydrogens (tertiary/aromatic N) is 1. The average molecular weight is 216 g/mol. The molecule has 0 amide bonds. The van der Waals surface area contributed by atoms with Gasteiger partial charge in [-0.3, -0.25) is 0 Å². The third kappa shape index (κ3) is 4.95. The lowest BCUT2D eigenvalue weighted by molar-refractivity contribution is 0.546. The van der Waals surface area contributed by atoms with E-state index in [1.807, 2.05) is 6.07 Å². The number of nitriles is 1. The Morgan fingerprint density at radius 3 is 2.69 bits per heavy atom. The van der Waals surface area contributed by atoms with Crippen molar-refractivity contribution < 1.29 is 0 Å². The molecule has 0 aliphatic heterocycles. The maximum atomic E-state index is 8.86. The minimum atomic E-state index is 0.0285. The van der Waals surface area contributed by atoms with Crippen LogP contribution >= 0.6 is 0 Å². The summed E-state index contributed by atoms with van der Waals surface area (Å²) in [6.07, 6.45) is 4.18. The molecule has 0 fully saturated rings. The lowest BCUT2D eigenvalue weighted by Crippen LogP contribution is -2.28. The van der Waals surface area contributed by atoms with Gasteiger partial charge in [-0.25, -0.2) is 0 Å². The molecule has 1 unspecified atom stereocenters. The molecule has 0 aromatic heterocycles. The summed E-state index contributed by atoms with van der Waals surface area (Å²) in [5, 5.41) is 12.1. The monoisotopic (exact) mass is 216 g/mol. The van der Waals surface area contributed by atoms with Crippen LogP contribution in [-0.4, -0.2) is 12.6 Å². The largest absolute Gasteiger partial charge is 0.302 e. The van der Waals surface area contributed by atoms with Gasteiger partial charge in [0.1, 0.15) is 0 Å². The van der Waals surface area contributed by atoms with Crippen LogP contribution in [0.3, 0.4) is 0 Å². The zero-order chi connectivity index (χ0) is 11.6. The minimum Gasteiger partial charge on any atom is -0.302 e. The maximum Gasteiger partial charge on any atom is 0.0952 e. The summed E-state index contributed by atoms with van der Waals surface area (Å²) in [4.78, 5) is 0. The molecule has 1 aromatic carbocycles. The van der Waals surface area contributed by atoms with Gasteiger partial charge in [0.05, 0.1) is 12.1 Å². The van der Waals surface area contributed by atoms with Crippen molar-refractivity contribution in [2.75, 3.05) is 6.54 Å². The molecule has 2 nitrogen and oxygen atoms in total. The van der Waals surface area contributed by atoms with Crippen molar-refractivity contribution in [3.63, 3.8) is 0 Å². The maximum absolute atomic E-state index is 8.86. The SMILES string of the molecule is CCCC(C#N)NCCCc1ccccc1. The Bertz CT molecular complexity index is 313. The summed E-state index contributed by atoms with van der Waals surface area (Å²) in [6, 6.07) is 12.8. The molecule has 0 spiro atoms. The summed E-state index contributed by atoms with van der Waals surface area (Å²) in [6.45, 7) is 3.03. The molecule has 2 heteroatoms. The van der Waals surface area contributed by atoms with Crippen LogP contribution in [0.2, 0.25) is 0 Å². The summed E-state index contributed by atoms with van der Waals surface area (Å²) >= 11 is 0. The molecule has 0 heterocycles. The molecule has 0 aliphatic carbocycles. The van der Waals surface area contributed by atoms with Crippen LogP contribution in [0.1, 0.15) is 31.7 Å². The first-order chi connectivity index (χ1) is 7.86. The Hall–Kier alpha value is -1.33. The number of nitrogens with one attached hydrogen (secondary N) is 1. The zero-order valence-electron chi connectivity index (χ0n) is 9.95.